The van der Waals surface area contributed by atoms with E-state index in [9.17, 15) is 4.39 Å². The molecule has 63 valence electrons. The molecule has 13 heavy (non-hydrogen) atoms. The lowest BCUT2D eigenvalue weighted by atomic mass is 10.1. The molecule has 1 nitrogen and oxygen atoms in total. The van der Waals surface area contributed by atoms with Crippen LogP contribution in [-0.4, -0.2) is 4.98 Å². The van der Waals surface area contributed by atoms with Crippen LogP contribution in [0.25, 0.3) is 11.1 Å². The third-order valence-electron chi connectivity index (χ3n) is 1.75. The molecule has 1 heterocycles. The van der Waals surface area contributed by atoms with Crippen molar-refractivity contribution >= 4 is 0 Å². The lowest BCUT2D eigenvalue weighted by Crippen LogP contribution is -1.81. The summed E-state index contributed by atoms with van der Waals surface area (Å²) >= 11 is 0. The Labute approximate surface area is 75.9 Å². The molecule has 0 saturated carbocycles. The van der Waals surface area contributed by atoms with Crippen molar-refractivity contribution in [3.8, 4) is 11.1 Å². The fourth-order valence-electron chi connectivity index (χ4n) is 1.14. The number of hydrogen-bond donors (Lipinski definition) is 0. The van der Waals surface area contributed by atoms with Gasteiger partial charge in [0, 0.05) is 11.8 Å². The average molecular weight is 172 g/mol. The average Bonchev–Trinajstić information content (AvgIpc) is 2.19. The summed E-state index contributed by atoms with van der Waals surface area (Å²) in [6, 6.07) is 11.7. The van der Waals surface area contributed by atoms with Crippen molar-refractivity contribution in [2.75, 3.05) is 0 Å². The van der Waals surface area contributed by atoms with Gasteiger partial charge in [0.2, 0.25) is 0 Å². The zero-order chi connectivity index (χ0) is 9.10. The number of halogens is 1. The molecule has 1 radical (unpaired) electrons. The Morgan fingerprint density at radius 2 is 2.15 bits per heavy atom. The van der Waals surface area contributed by atoms with Gasteiger partial charge >= 0.3 is 0 Å². The van der Waals surface area contributed by atoms with Crippen LogP contribution in [0.5, 0.6) is 0 Å². The van der Waals surface area contributed by atoms with E-state index in [2.05, 4.69) is 11.1 Å². The van der Waals surface area contributed by atoms with Crippen LogP contribution in [-0.2, 0) is 0 Å². The summed E-state index contributed by atoms with van der Waals surface area (Å²) in [5.74, 6) is -0.318. The number of hydrogen-bond acceptors (Lipinski definition) is 1. The molecule has 0 aliphatic rings. The molecule has 0 amide bonds. The standard InChI is InChI=1S/C11H7FN/c12-11-6-10(7-13-8-11)9-4-2-1-3-5-9/h1-2,4-8H. The van der Waals surface area contributed by atoms with E-state index in [0.717, 1.165) is 11.1 Å². The first kappa shape index (κ1) is 7.92. The minimum absolute atomic E-state index is 0.318. The Morgan fingerprint density at radius 3 is 2.85 bits per heavy atom. The highest BCUT2D eigenvalue weighted by atomic mass is 19.1. The van der Waals surface area contributed by atoms with Crippen molar-refractivity contribution in [3.05, 3.63) is 54.6 Å². The molecule has 2 heteroatoms. The first-order valence-electron chi connectivity index (χ1n) is 3.93. The van der Waals surface area contributed by atoms with Crippen LogP contribution in [0.1, 0.15) is 0 Å². The van der Waals surface area contributed by atoms with E-state index in [1.807, 2.05) is 12.1 Å². The first-order valence-corrected chi connectivity index (χ1v) is 3.93. The van der Waals surface area contributed by atoms with Crippen LogP contribution >= 0.6 is 0 Å². The van der Waals surface area contributed by atoms with Crippen molar-refractivity contribution in [2.45, 2.75) is 0 Å². The molecule has 0 saturated heterocycles. The number of nitrogens with zero attached hydrogens (tertiary/aromatic N) is 1. The Morgan fingerprint density at radius 1 is 1.23 bits per heavy atom. The third kappa shape index (κ3) is 1.72. The maximum atomic E-state index is 12.8. The minimum atomic E-state index is -0.318. The highest BCUT2D eigenvalue weighted by Gasteiger charge is 1.97. The summed E-state index contributed by atoms with van der Waals surface area (Å²) in [5.41, 5.74) is 1.70. The van der Waals surface area contributed by atoms with Crippen molar-refractivity contribution in [1.82, 2.24) is 4.98 Å². The third-order valence-corrected chi connectivity index (χ3v) is 1.75. The highest BCUT2D eigenvalue weighted by Crippen LogP contribution is 2.17. The van der Waals surface area contributed by atoms with Crippen molar-refractivity contribution in [3.63, 3.8) is 0 Å². The van der Waals surface area contributed by atoms with Crippen LogP contribution < -0.4 is 0 Å². The zero-order valence-corrected chi connectivity index (χ0v) is 6.87. The Kier molecular flexibility index (Phi) is 2.04. The SMILES string of the molecule is Fc1cncc(-c2c[c]ccc2)c1. The predicted octanol–water partition coefficient (Wildman–Crippen LogP) is 2.69. The van der Waals surface area contributed by atoms with E-state index in [1.165, 1.54) is 12.3 Å². The fourth-order valence-corrected chi connectivity index (χ4v) is 1.14. The van der Waals surface area contributed by atoms with Gasteiger partial charge in [0.1, 0.15) is 5.82 Å². The van der Waals surface area contributed by atoms with Crippen molar-refractivity contribution in [2.24, 2.45) is 0 Å². The number of benzene rings is 1. The van der Waals surface area contributed by atoms with Gasteiger partial charge in [-0.2, -0.15) is 0 Å². The fraction of sp³-hybridized carbons (Fsp3) is 0. The molecule has 0 unspecified atom stereocenters. The maximum Gasteiger partial charge on any atom is 0.142 e. The van der Waals surface area contributed by atoms with E-state index in [4.69, 9.17) is 0 Å². The zero-order valence-electron chi connectivity index (χ0n) is 6.87. The molecule has 2 aromatic rings. The Hall–Kier alpha value is -1.70. The molecule has 0 spiro atoms. The second kappa shape index (κ2) is 3.35. The van der Waals surface area contributed by atoms with E-state index in [0.29, 0.717) is 0 Å². The van der Waals surface area contributed by atoms with E-state index < -0.39 is 0 Å². The molecule has 0 atom stereocenters. The topological polar surface area (TPSA) is 12.9 Å². The van der Waals surface area contributed by atoms with Gasteiger partial charge in [-0.1, -0.05) is 18.2 Å². The molecule has 0 fully saturated rings. The smallest absolute Gasteiger partial charge is 0.142 e. The van der Waals surface area contributed by atoms with Gasteiger partial charge < -0.3 is 0 Å². The molecule has 0 aliphatic carbocycles. The van der Waals surface area contributed by atoms with Gasteiger partial charge in [-0.25, -0.2) is 4.39 Å². The molecule has 0 aliphatic heterocycles. The van der Waals surface area contributed by atoms with E-state index in [1.54, 1.807) is 18.3 Å². The van der Waals surface area contributed by atoms with Gasteiger partial charge in [-0.05, 0) is 23.8 Å². The van der Waals surface area contributed by atoms with Crippen LogP contribution in [0.2, 0.25) is 0 Å². The quantitative estimate of drug-likeness (QED) is 0.644. The van der Waals surface area contributed by atoms with Gasteiger partial charge in [-0.3, -0.25) is 4.98 Å². The maximum absolute atomic E-state index is 12.8. The number of rotatable bonds is 1. The summed E-state index contributed by atoms with van der Waals surface area (Å²) < 4.78 is 12.8. The monoisotopic (exact) mass is 172 g/mol. The van der Waals surface area contributed by atoms with E-state index in [-0.39, 0.29) is 5.82 Å². The largest absolute Gasteiger partial charge is 0.261 e. The molecule has 1 aromatic carbocycles. The predicted molar refractivity (Wildman–Crippen MR) is 48.5 cm³/mol. The molecule has 1 aromatic heterocycles. The second-order valence-corrected chi connectivity index (χ2v) is 2.68. The molecular weight excluding hydrogens is 165 g/mol. The Balaban J connectivity index is 2.48. The lowest BCUT2D eigenvalue weighted by molar-refractivity contribution is 0.622. The van der Waals surface area contributed by atoms with Crippen molar-refractivity contribution in [1.29, 1.82) is 0 Å². The molecule has 2 rings (SSSR count). The van der Waals surface area contributed by atoms with E-state index >= 15 is 0 Å². The summed E-state index contributed by atoms with van der Waals surface area (Å²) in [5, 5.41) is 0. The normalized spacial score (nSPS) is 9.92. The van der Waals surface area contributed by atoms with Gasteiger partial charge in [0.15, 0.2) is 0 Å². The summed E-state index contributed by atoms with van der Waals surface area (Å²) in [7, 11) is 0. The highest BCUT2D eigenvalue weighted by molar-refractivity contribution is 5.61. The number of aromatic nitrogens is 1. The molecule has 0 N–H and O–H groups in total. The van der Waals surface area contributed by atoms with Crippen LogP contribution in [0.15, 0.2) is 42.7 Å². The summed E-state index contributed by atoms with van der Waals surface area (Å²) in [4.78, 5) is 3.77. The van der Waals surface area contributed by atoms with Gasteiger partial charge in [-0.15, -0.1) is 0 Å². The minimum Gasteiger partial charge on any atom is -0.261 e. The Bertz CT molecular complexity index is 398. The molecular formula is C11H7FN. The number of pyridine rings is 1. The lowest BCUT2D eigenvalue weighted by Gasteiger charge is -1.98. The van der Waals surface area contributed by atoms with Gasteiger partial charge in [0.05, 0.1) is 6.20 Å². The van der Waals surface area contributed by atoms with Crippen molar-refractivity contribution < 1.29 is 4.39 Å². The first-order chi connectivity index (χ1) is 6.36. The van der Waals surface area contributed by atoms with Crippen LogP contribution in [0.4, 0.5) is 4.39 Å². The second-order valence-electron chi connectivity index (χ2n) is 2.68. The van der Waals surface area contributed by atoms with Crippen LogP contribution in [0, 0.1) is 11.9 Å². The van der Waals surface area contributed by atoms with Crippen LogP contribution in [0.3, 0.4) is 0 Å². The van der Waals surface area contributed by atoms with Gasteiger partial charge in [0.25, 0.3) is 0 Å². The molecule has 0 bridgehead atoms. The summed E-state index contributed by atoms with van der Waals surface area (Å²) in [6.45, 7) is 0. The summed E-state index contributed by atoms with van der Waals surface area (Å²) in [6.07, 6.45) is 2.82.